The molecule has 0 radical (unpaired) electrons. The molecule has 0 bridgehead atoms. The predicted molar refractivity (Wildman–Crippen MR) is 61.9 cm³/mol. The Bertz CT molecular complexity index is 313. The first-order valence-corrected chi connectivity index (χ1v) is 6.34. The second-order valence-corrected chi connectivity index (χ2v) is 5.57. The summed E-state index contributed by atoms with van der Waals surface area (Å²) in [5.74, 6) is 0.698. The Morgan fingerprint density at radius 1 is 1.67 bits per heavy atom. The maximum absolute atomic E-state index is 8.88. The first-order valence-electron chi connectivity index (χ1n) is 5.52. The molecule has 15 heavy (non-hydrogen) atoms. The molecule has 1 saturated heterocycles. The van der Waals surface area contributed by atoms with Gasteiger partial charge >= 0.3 is 0 Å². The monoisotopic (exact) mass is 226 g/mol. The van der Waals surface area contributed by atoms with Crippen LogP contribution in [-0.4, -0.2) is 34.7 Å². The van der Waals surface area contributed by atoms with Gasteiger partial charge in [0.05, 0.1) is 5.01 Å². The average molecular weight is 226 g/mol. The van der Waals surface area contributed by atoms with Gasteiger partial charge < -0.3 is 5.11 Å². The van der Waals surface area contributed by atoms with E-state index in [1.807, 2.05) is 13.1 Å². The van der Waals surface area contributed by atoms with Crippen molar-refractivity contribution in [3.8, 4) is 0 Å². The first-order chi connectivity index (χ1) is 7.28. The highest BCUT2D eigenvalue weighted by atomic mass is 32.1. The molecule has 3 nitrogen and oxygen atoms in total. The fourth-order valence-corrected chi connectivity index (χ4v) is 3.01. The van der Waals surface area contributed by atoms with Crippen LogP contribution in [0.5, 0.6) is 0 Å². The number of hydrogen-bond acceptors (Lipinski definition) is 4. The van der Waals surface area contributed by atoms with Gasteiger partial charge in [-0.3, -0.25) is 4.90 Å². The van der Waals surface area contributed by atoms with E-state index >= 15 is 0 Å². The Kier molecular flexibility index (Phi) is 3.72. The summed E-state index contributed by atoms with van der Waals surface area (Å²) < 4.78 is 0. The summed E-state index contributed by atoms with van der Waals surface area (Å²) in [6.45, 7) is 5.72. The molecule has 2 heterocycles. The van der Waals surface area contributed by atoms with Gasteiger partial charge in [0.15, 0.2) is 0 Å². The molecule has 0 amide bonds. The molecule has 0 spiro atoms. The lowest BCUT2D eigenvalue weighted by Gasteiger charge is -2.13. The molecule has 1 aromatic heterocycles. The average Bonchev–Trinajstić information content (AvgIpc) is 2.78. The molecule has 2 rings (SSSR count). The largest absolute Gasteiger partial charge is 0.396 e. The van der Waals surface area contributed by atoms with Crippen LogP contribution in [0.2, 0.25) is 0 Å². The van der Waals surface area contributed by atoms with Crippen LogP contribution in [0, 0.1) is 12.8 Å². The lowest BCUT2D eigenvalue weighted by Crippen LogP contribution is -2.19. The summed E-state index contributed by atoms with van der Waals surface area (Å²) in [5, 5.41) is 10.0. The molecule has 0 saturated carbocycles. The van der Waals surface area contributed by atoms with E-state index in [9.17, 15) is 0 Å². The number of rotatable bonds is 4. The van der Waals surface area contributed by atoms with E-state index in [-0.39, 0.29) is 0 Å². The van der Waals surface area contributed by atoms with Crippen molar-refractivity contribution >= 4 is 11.3 Å². The van der Waals surface area contributed by atoms with Crippen molar-refractivity contribution in [2.75, 3.05) is 19.7 Å². The molecule has 1 aliphatic heterocycles. The highest BCUT2D eigenvalue weighted by molar-refractivity contribution is 7.11. The zero-order valence-electron chi connectivity index (χ0n) is 9.15. The third-order valence-corrected chi connectivity index (χ3v) is 3.85. The predicted octanol–water partition coefficient (Wildman–Crippen LogP) is 1.66. The van der Waals surface area contributed by atoms with E-state index in [4.69, 9.17) is 5.11 Å². The highest BCUT2D eigenvalue weighted by Gasteiger charge is 2.22. The SMILES string of the molecule is Cc1ncc(CN2CCC(CCO)C2)s1. The fourth-order valence-electron chi connectivity index (χ4n) is 2.17. The van der Waals surface area contributed by atoms with E-state index in [0.717, 1.165) is 24.5 Å². The Labute approximate surface area is 94.8 Å². The summed E-state index contributed by atoms with van der Waals surface area (Å²) in [6, 6.07) is 0. The normalized spacial score (nSPS) is 22.4. The second kappa shape index (κ2) is 5.05. The van der Waals surface area contributed by atoms with Gasteiger partial charge in [0, 0.05) is 30.8 Å². The van der Waals surface area contributed by atoms with E-state index < -0.39 is 0 Å². The van der Waals surface area contributed by atoms with Crippen LogP contribution in [0.4, 0.5) is 0 Å². The van der Waals surface area contributed by atoms with Gasteiger partial charge in [0.2, 0.25) is 0 Å². The van der Waals surface area contributed by atoms with Crippen LogP contribution in [-0.2, 0) is 6.54 Å². The maximum Gasteiger partial charge on any atom is 0.0897 e. The van der Waals surface area contributed by atoms with Gasteiger partial charge in [0.25, 0.3) is 0 Å². The van der Waals surface area contributed by atoms with E-state index in [1.54, 1.807) is 11.3 Å². The third-order valence-electron chi connectivity index (χ3n) is 2.96. The lowest BCUT2D eigenvalue weighted by molar-refractivity contribution is 0.250. The van der Waals surface area contributed by atoms with Gasteiger partial charge in [-0.05, 0) is 32.2 Å². The number of hydrogen-bond donors (Lipinski definition) is 1. The van der Waals surface area contributed by atoms with Gasteiger partial charge in [-0.1, -0.05) is 0 Å². The molecular formula is C11H18N2OS. The molecule has 1 unspecified atom stereocenters. The van der Waals surface area contributed by atoms with Crippen LogP contribution < -0.4 is 0 Å². The maximum atomic E-state index is 8.88. The lowest BCUT2D eigenvalue weighted by atomic mass is 10.1. The van der Waals surface area contributed by atoms with E-state index in [2.05, 4.69) is 9.88 Å². The molecule has 0 aliphatic carbocycles. The molecular weight excluding hydrogens is 208 g/mol. The minimum atomic E-state index is 0.332. The quantitative estimate of drug-likeness (QED) is 0.848. The van der Waals surface area contributed by atoms with Crippen molar-refractivity contribution in [1.29, 1.82) is 0 Å². The van der Waals surface area contributed by atoms with Crippen molar-refractivity contribution in [3.05, 3.63) is 16.1 Å². The van der Waals surface area contributed by atoms with Gasteiger partial charge in [-0.25, -0.2) is 4.98 Å². The third kappa shape index (κ3) is 3.00. The Hall–Kier alpha value is -0.450. The van der Waals surface area contributed by atoms with Crippen molar-refractivity contribution in [2.24, 2.45) is 5.92 Å². The molecule has 1 fully saturated rings. The summed E-state index contributed by atoms with van der Waals surface area (Å²) in [7, 11) is 0. The molecule has 1 N–H and O–H groups in total. The number of aliphatic hydroxyl groups is 1. The molecule has 1 atom stereocenters. The smallest absolute Gasteiger partial charge is 0.0897 e. The van der Waals surface area contributed by atoms with Crippen LogP contribution in [0.3, 0.4) is 0 Å². The minimum Gasteiger partial charge on any atom is -0.396 e. The second-order valence-electron chi connectivity index (χ2n) is 4.25. The summed E-state index contributed by atoms with van der Waals surface area (Å²) >= 11 is 1.79. The Balaban J connectivity index is 1.82. The summed E-state index contributed by atoms with van der Waals surface area (Å²) in [4.78, 5) is 8.09. The summed E-state index contributed by atoms with van der Waals surface area (Å²) in [6.07, 6.45) is 4.18. The van der Waals surface area contributed by atoms with Crippen molar-refractivity contribution in [2.45, 2.75) is 26.3 Å². The van der Waals surface area contributed by atoms with Crippen LogP contribution in [0.15, 0.2) is 6.20 Å². The number of aromatic nitrogens is 1. The Morgan fingerprint density at radius 2 is 2.53 bits per heavy atom. The van der Waals surface area contributed by atoms with Crippen molar-refractivity contribution < 1.29 is 5.11 Å². The number of nitrogens with zero attached hydrogens (tertiary/aromatic N) is 2. The molecule has 1 aromatic rings. The van der Waals surface area contributed by atoms with Crippen LogP contribution in [0.25, 0.3) is 0 Å². The highest BCUT2D eigenvalue weighted by Crippen LogP contribution is 2.22. The number of aliphatic hydroxyl groups excluding tert-OH is 1. The Morgan fingerprint density at radius 3 is 3.20 bits per heavy atom. The standard InChI is InChI=1S/C11H18N2OS/c1-9-12-6-11(15-9)8-13-4-2-10(7-13)3-5-14/h6,10,14H,2-5,7-8H2,1H3. The summed E-state index contributed by atoms with van der Waals surface area (Å²) in [5.41, 5.74) is 0. The zero-order chi connectivity index (χ0) is 10.7. The van der Waals surface area contributed by atoms with E-state index in [1.165, 1.54) is 17.8 Å². The van der Waals surface area contributed by atoms with Gasteiger partial charge in [0.1, 0.15) is 0 Å². The molecule has 84 valence electrons. The van der Waals surface area contributed by atoms with Crippen LogP contribution in [0.1, 0.15) is 22.7 Å². The van der Waals surface area contributed by atoms with E-state index in [0.29, 0.717) is 12.5 Å². The number of likely N-dealkylation sites (tertiary alicyclic amines) is 1. The molecule has 4 heteroatoms. The molecule has 0 aromatic carbocycles. The first kappa shape index (κ1) is 11.0. The fraction of sp³-hybridized carbons (Fsp3) is 0.727. The minimum absolute atomic E-state index is 0.332. The van der Waals surface area contributed by atoms with Crippen molar-refractivity contribution in [1.82, 2.24) is 9.88 Å². The topological polar surface area (TPSA) is 36.4 Å². The van der Waals surface area contributed by atoms with Gasteiger partial charge in [-0.2, -0.15) is 0 Å². The number of aryl methyl sites for hydroxylation is 1. The van der Waals surface area contributed by atoms with Gasteiger partial charge in [-0.15, -0.1) is 11.3 Å². The zero-order valence-corrected chi connectivity index (χ0v) is 9.96. The van der Waals surface area contributed by atoms with Crippen molar-refractivity contribution in [3.63, 3.8) is 0 Å². The van der Waals surface area contributed by atoms with Crippen LogP contribution >= 0.6 is 11.3 Å². The molecule has 1 aliphatic rings. The number of thiazole rings is 1.